The summed E-state index contributed by atoms with van der Waals surface area (Å²) in [5.41, 5.74) is 8.89. The lowest BCUT2D eigenvalue weighted by molar-refractivity contribution is 0.409. The van der Waals surface area contributed by atoms with E-state index < -0.39 is 0 Å². The molecule has 0 radical (unpaired) electrons. The lowest BCUT2D eigenvalue weighted by atomic mass is 9.87. The van der Waals surface area contributed by atoms with Crippen molar-refractivity contribution in [3.05, 3.63) is 41.3 Å². The third kappa shape index (κ3) is 4.41. The number of allylic oxidation sites excluding steroid dienone is 1. The maximum Gasteiger partial charge on any atom is 0.250 e. The van der Waals surface area contributed by atoms with Gasteiger partial charge in [0.1, 0.15) is 0 Å². The highest BCUT2D eigenvalue weighted by Gasteiger charge is 2.14. The van der Waals surface area contributed by atoms with Gasteiger partial charge >= 0.3 is 0 Å². The van der Waals surface area contributed by atoms with Gasteiger partial charge in [0.2, 0.25) is 5.82 Å². The Morgan fingerprint density at radius 2 is 1.86 bits per heavy atom. The van der Waals surface area contributed by atoms with E-state index in [-0.39, 0.29) is 17.8 Å². The highest BCUT2D eigenvalue weighted by molar-refractivity contribution is 5.85. The normalized spacial score (nSPS) is 12.1. The van der Waals surface area contributed by atoms with E-state index >= 15 is 0 Å². The van der Waals surface area contributed by atoms with Crippen molar-refractivity contribution in [2.45, 2.75) is 34.2 Å². The standard InChI is InChI=1S/C16H21N3O.ClH/c1-11(16(2,3)4)9-14-18-15(19-20-14)13-7-5-12(10-17)6-8-13;/h5-9H,10,17H2,1-4H3;1H/b11-9-;. The van der Waals surface area contributed by atoms with Gasteiger partial charge in [0.25, 0.3) is 5.89 Å². The molecular weight excluding hydrogens is 286 g/mol. The topological polar surface area (TPSA) is 64.9 Å². The number of aromatic nitrogens is 2. The van der Waals surface area contributed by atoms with E-state index in [2.05, 4.69) is 37.8 Å². The van der Waals surface area contributed by atoms with Gasteiger partial charge in [-0.3, -0.25) is 0 Å². The van der Waals surface area contributed by atoms with Crippen LogP contribution in [0.1, 0.15) is 39.1 Å². The van der Waals surface area contributed by atoms with E-state index in [1.807, 2.05) is 30.3 Å². The molecule has 0 amide bonds. The number of hydrogen-bond acceptors (Lipinski definition) is 4. The number of nitrogens with two attached hydrogens (primary N) is 1. The molecule has 4 nitrogen and oxygen atoms in total. The molecule has 1 heterocycles. The lowest BCUT2D eigenvalue weighted by Gasteiger charge is -2.18. The van der Waals surface area contributed by atoms with E-state index in [4.69, 9.17) is 10.3 Å². The molecule has 0 aliphatic carbocycles. The van der Waals surface area contributed by atoms with Crippen LogP contribution in [0.3, 0.4) is 0 Å². The Bertz CT molecular complexity index is 609. The number of nitrogens with zero attached hydrogens (tertiary/aromatic N) is 2. The predicted octanol–water partition coefficient (Wildman–Crippen LogP) is 4.07. The maximum absolute atomic E-state index is 5.58. The predicted molar refractivity (Wildman–Crippen MR) is 88.0 cm³/mol. The average Bonchev–Trinajstić information content (AvgIpc) is 2.86. The fourth-order valence-corrected chi connectivity index (χ4v) is 1.60. The molecule has 0 unspecified atom stereocenters. The van der Waals surface area contributed by atoms with Gasteiger partial charge in [-0.15, -0.1) is 12.4 Å². The van der Waals surface area contributed by atoms with Crippen molar-refractivity contribution in [3.63, 3.8) is 0 Å². The van der Waals surface area contributed by atoms with Crippen LogP contribution in [0.15, 0.2) is 34.4 Å². The molecule has 2 rings (SSSR count). The molecule has 0 spiro atoms. The second-order valence-corrected chi connectivity index (χ2v) is 5.93. The quantitative estimate of drug-likeness (QED) is 0.928. The second kappa shape index (κ2) is 6.87. The number of benzene rings is 1. The van der Waals surface area contributed by atoms with Gasteiger partial charge in [0.05, 0.1) is 0 Å². The summed E-state index contributed by atoms with van der Waals surface area (Å²) in [6, 6.07) is 7.86. The summed E-state index contributed by atoms with van der Waals surface area (Å²) >= 11 is 0. The highest BCUT2D eigenvalue weighted by Crippen LogP contribution is 2.26. The number of halogens is 1. The largest absolute Gasteiger partial charge is 0.334 e. The zero-order valence-corrected chi connectivity index (χ0v) is 13.7. The van der Waals surface area contributed by atoms with Crippen LogP contribution in [0.4, 0.5) is 0 Å². The van der Waals surface area contributed by atoms with Crippen molar-refractivity contribution in [2.24, 2.45) is 11.1 Å². The van der Waals surface area contributed by atoms with Crippen LogP contribution < -0.4 is 5.73 Å². The lowest BCUT2D eigenvalue weighted by Crippen LogP contribution is -2.05. The van der Waals surface area contributed by atoms with Crippen LogP contribution in [-0.4, -0.2) is 10.1 Å². The van der Waals surface area contributed by atoms with Crippen LogP contribution in [-0.2, 0) is 6.54 Å². The Balaban J connectivity index is 0.00000220. The Labute approximate surface area is 131 Å². The fraction of sp³-hybridized carbons (Fsp3) is 0.375. The van der Waals surface area contributed by atoms with Crippen molar-refractivity contribution in [2.75, 3.05) is 0 Å². The maximum atomic E-state index is 5.58. The minimum Gasteiger partial charge on any atom is -0.334 e. The summed E-state index contributed by atoms with van der Waals surface area (Å²) in [6.07, 6.45) is 1.94. The fourth-order valence-electron chi connectivity index (χ4n) is 1.60. The van der Waals surface area contributed by atoms with E-state index in [0.29, 0.717) is 18.3 Å². The Morgan fingerprint density at radius 1 is 1.24 bits per heavy atom. The first-order chi connectivity index (χ1) is 9.40. The molecule has 0 saturated heterocycles. The smallest absolute Gasteiger partial charge is 0.250 e. The van der Waals surface area contributed by atoms with Gasteiger partial charge < -0.3 is 10.3 Å². The van der Waals surface area contributed by atoms with Gasteiger partial charge in [0.15, 0.2) is 0 Å². The third-order valence-electron chi connectivity index (χ3n) is 3.41. The molecule has 5 heteroatoms. The summed E-state index contributed by atoms with van der Waals surface area (Å²) in [4.78, 5) is 4.40. The van der Waals surface area contributed by atoms with Gasteiger partial charge in [-0.25, -0.2) is 0 Å². The Hall–Kier alpha value is -1.65. The van der Waals surface area contributed by atoms with Crippen molar-refractivity contribution < 1.29 is 4.52 Å². The van der Waals surface area contributed by atoms with Gasteiger partial charge in [-0.2, -0.15) is 4.98 Å². The minimum atomic E-state index is 0. The zero-order chi connectivity index (χ0) is 14.8. The molecule has 0 fully saturated rings. The first kappa shape index (κ1) is 17.4. The van der Waals surface area contributed by atoms with Crippen molar-refractivity contribution in [3.8, 4) is 11.4 Å². The average molecular weight is 308 g/mol. The SMILES string of the molecule is C/C(=C/c1nc(-c2ccc(CN)cc2)no1)C(C)(C)C.Cl. The molecule has 0 saturated carbocycles. The minimum absolute atomic E-state index is 0. The summed E-state index contributed by atoms with van der Waals surface area (Å²) in [6.45, 7) is 9.07. The van der Waals surface area contributed by atoms with Crippen LogP contribution in [0.5, 0.6) is 0 Å². The molecule has 2 aromatic rings. The summed E-state index contributed by atoms with van der Waals surface area (Å²) in [5.74, 6) is 1.14. The molecule has 0 atom stereocenters. The van der Waals surface area contributed by atoms with Crippen LogP contribution in [0, 0.1) is 5.41 Å². The second-order valence-electron chi connectivity index (χ2n) is 5.93. The van der Waals surface area contributed by atoms with E-state index in [9.17, 15) is 0 Å². The molecule has 2 N–H and O–H groups in total. The number of rotatable bonds is 3. The monoisotopic (exact) mass is 307 g/mol. The van der Waals surface area contributed by atoms with E-state index in [0.717, 1.165) is 11.1 Å². The van der Waals surface area contributed by atoms with Gasteiger partial charge in [-0.1, -0.05) is 55.8 Å². The zero-order valence-electron chi connectivity index (χ0n) is 12.9. The summed E-state index contributed by atoms with van der Waals surface area (Å²) in [7, 11) is 0. The molecule has 1 aromatic carbocycles. The van der Waals surface area contributed by atoms with Gasteiger partial charge in [0, 0.05) is 18.2 Å². The molecule has 1 aromatic heterocycles. The molecule has 114 valence electrons. The molecule has 0 aliphatic heterocycles. The van der Waals surface area contributed by atoms with E-state index in [1.165, 1.54) is 5.57 Å². The van der Waals surface area contributed by atoms with Gasteiger partial charge in [-0.05, 0) is 17.9 Å². The van der Waals surface area contributed by atoms with Crippen LogP contribution in [0.25, 0.3) is 17.5 Å². The first-order valence-corrected chi connectivity index (χ1v) is 6.72. The van der Waals surface area contributed by atoms with Crippen molar-refractivity contribution in [1.82, 2.24) is 10.1 Å². The number of hydrogen-bond donors (Lipinski definition) is 1. The van der Waals surface area contributed by atoms with Crippen molar-refractivity contribution in [1.29, 1.82) is 0 Å². The summed E-state index contributed by atoms with van der Waals surface area (Å²) in [5, 5.41) is 4.02. The highest BCUT2D eigenvalue weighted by atomic mass is 35.5. The molecule has 21 heavy (non-hydrogen) atoms. The summed E-state index contributed by atoms with van der Waals surface area (Å²) < 4.78 is 5.28. The van der Waals surface area contributed by atoms with Crippen LogP contribution in [0.2, 0.25) is 0 Å². The Morgan fingerprint density at radius 3 is 2.38 bits per heavy atom. The molecule has 0 aliphatic rings. The molecule has 0 bridgehead atoms. The van der Waals surface area contributed by atoms with Crippen LogP contribution >= 0.6 is 12.4 Å². The van der Waals surface area contributed by atoms with E-state index in [1.54, 1.807) is 0 Å². The Kier molecular flexibility index (Phi) is 5.70. The third-order valence-corrected chi connectivity index (χ3v) is 3.41. The van der Waals surface area contributed by atoms with Crippen molar-refractivity contribution >= 4 is 18.5 Å². The first-order valence-electron chi connectivity index (χ1n) is 6.72. The molecular formula is C16H22ClN3O.